The van der Waals surface area contributed by atoms with Crippen LogP contribution in [0, 0.1) is 13.8 Å². The average molecular weight is 466 g/mol. The highest BCUT2D eigenvalue weighted by Gasteiger charge is 2.30. The predicted octanol–water partition coefficient (Wildman–Crippen LogP) is 2.05. The molecule has 1 aliphatic rings. The van der Waals surface area contributed by atoms with Crippen LogP contribution in [0.25, 0.3) is 0 Å². The monoisotopic (exact) mass is 465 g/mol. The molecular weight excluding hydrogens is 434 g/mol. The summed E-state index contributed by atoms with van der Waals surface area (Å²) in [6.45, 7) is 5.46. The van der Waals surface area contributed by atoms with Gasteiger partial charge in [0.1, 0.15) is 0 Å². The first-order valence-corrected chi connectivity index (χ1v) is 11.2. The van der Waals surface area contributed by atoms with Gasteiger partial charge in [0.25, 0.3) is 0 Å². The fraction of sp³-hybridized carbons (Fsp3) is 0.360. The van der Waals surface area contributed by atoms with Crippen LogP contribution in [0.3, 0.4) is 0 Å². The smallest absolute Gasteiger partial charge is 0.243 e. The van der Waals surface area contributed by atoms with E-state index in [2.05, 4.69) is 16.0 Å². The first kappa shape index (κ1) is 24.9. The van der Waals surface area contributed by atoms with Gasteiger partial charge in [0.2, 0.25) is 23.6 Å². The van der Waals surface area contributed by atoms with Crippen LogP contribution in [0.2, 0.25) is 0 Å². The number of aryl methyl sites for hydroxylation is 1. The number of fused-ring (bicyclic) bond motifs is 1. The molecule has 0 saturated carbocycles. The van der Waals surface area contributed by atoms with Gasteiger partial charge in [0.05, 0.1) is 31.0 Å². The van der Waals surface area contributed by atoms with E-state index < -0.39 is 0 Å². The Balaban J connectivity index is 1.53. The van der Waals surface area contributed by atoms with E-state index >= 15 is 0 Å². The van der Waals surface area contributed by atoms with Crippen molar-refractivity contribution in [3.63, 3.8) is 0 Å². The molecule has 9 nitrogen and oxygen atoms in total. The standard InChI is InChI=1S/C25H31N5O4/c1-16-8-7-10-19(18(16)3)27-23(32)13-26-24(33)14-29(4)15-25(34)30-17(2)12-22(31)28-20-9-5-6-11-21(20)30/h5-11,17H,12-15H2,1-4H3,(H,26,33)(H,27,32)(H,28,31). The number of amides is 4. The number of rotatable bonds is 7. The number of anilines is 3. The number of nitrogens with zero attached hydrogens (tertiary/aromatic N) is 2. The lowest BCUT2D eigenvalue weighted by Crippen LogP contribution is -2.46. The molecule has 3 N–H and O–H groups in total. The van der Waals surface area contributed by atoms with E-state index in [9.17, 15) is 19.2 Å². The number of carbonyl (C=O) groups excluding carboxylic acids is 4. The molecule has 2 aromatic rings. The lowest BCUT2D eigenvalue weighted by Gasteiger charge is -2.29. The van der Waals surface area contributed by atoms with Crippen molar-refractivity contribution in [2.45, 2.75) is 33.2 Å². The van der Waals surface area contributed by atoms with Gasteiger partial charge in [-0.2, -0.15) is 0 Å². The maximum Gasteiger partial charge on any atom is 0.243 e. The summed E-state index contributed by atoms with van der Waals surface area (Å²) in [7, 11) is 1.66. The maximum atomic E-state index is 13.1. The molecule has 0 saturated heterocycles. The Morgan fingerprint density at radius 2 is 1.79 bits per heavy atom. The van der Waals surface area contributed by atoms with Gasteiger partial charge in [-0.3, -0.25) is 24.1 Å². The van der Waals surface area contributed by atoms with Gasteiger partial charge in [-0.1, -0.05) is 24.3 Å². The van der Waals surface area contributed by atoms with E-state index in [0.29, 0.717) is 17.1 Å². The van der Waals surface area contributed by atoms with E-state index in [4.69, 9.17) is 0 Å². The summed E-state index contributed by atoms with van der Waals surface area (Å²) >= 11 is 0. The van der Waals surface area contributed by atoms with Gasteiger partial charge in [0.15, 0.2) is 0 Å². The summed E-state index contributed by atoms with van der Waals surface area (Å²) in [5.74, 6) is -1.07. The molecule has 2 aromatic carbocycles. The van der Waals surface area contributed by atoms with E-state index in [1.807, 2.05) is 45.0 Å². The molecule has 0 radical (unpaired) electrons. The SMILES string of the molecule is Cc1cccc(NC(=O)CNC(=O)CN(C)CC(=O)N2c3ccccc3NC(=O)CC2C)c1C. The summed E-state index contributed by atoms with van der Waals surface area (Å²) in [5, 5.41) is 8.21. The number of hydrogen-bond donors (Lipinski definition) is 3. The van der Waals surface area contributed by atoms with Crippen LogP contribution in [-0.4, -0.2) is 61.3 Å². The number of carbonyl (C=O) groups is 4. The lowest BCUT2D eigenvalue weighted by atomic mass is 10.1. The Hall–Kier alpha value is -3.72. The summed E-state index contributed by atoms with van der Waals surface area (Å²) in [6.07, 6.45) is 0.181. The first-order valence-electron chi connectivity index (χ1n) is 11.2. The minimum absolute atomic E-state index is 0.0189. The van der Waals surface area contributed by atoms with E-state index in [-0.39, 0.29) is 55.7 Å². The number of benzene rings is 2. The third-order valence-corrected chi connectivity index (χ3v) is 5.77. The van der Waals surface area contributed by atoms with Crippen LogP contribution in [0.4, 0.5) is 17.1 Å². The highest BCUT2D eigenvalue weighted by Crippen LogP contribution is 2.31. The van der Waals surface area contributed by atoms with Crippen LogP contribution in [0.15, 0.2) is 42.5 Å². The third-order valence-electron chi connectivity index (χ3n) is 5.77. The summed E-state index contributed by atoms with van der Waals surface area (Å²) in [5.41, 5.74) is 3.96. The van der Waals surface area contributed by atoms with Crippen molar-refractivity contribution < 1.29 is 19.2 Å². The Bertz CT molecular complexity index is 1100. The van der Waals surface area contributed by atoms with Gasteiger partial charge >= 0.3 is 0 Å². The normalized spacial score (nSPS) is 15.3. The molecule has 0 aliphatic carbocycles. The number of para-hydroxylation sites is 2. The number of likely N-dealkylation sites (N-methyl/N-ethyl adjacent to an activating group) is 1. The second-order valence-electron chi connectivity index (χ2n) is 8.63. The Kier molecular flexibility index (Phi) is 8.01. The van der Waals surface area contributed by atoms with E-state index in [0.717, 1.165) is 11.1 Å². The van der Waals surface area contributed by atoms with Gasteiger partial charge in [0, 0.05) is 18.2 Å². The minimum Gasteiger partial charge on any atom is -0.346 e. The molecular formula is C25H31N5O4. The Morgan fingerprint density at radius 1 is 1.06 bits per heavy atom. The van der Waals surface area contributed by atoms with Crippen LogP contribution in [0.1, 0.15) is 24.5 Å². The fourth-order valence-corrected chi connectivity index (χ4v) is 3.89. The number of nitrogens with one attached hydrogen (secondary N) is 3. The first-order chi connectivity index (χ1) is 16.2. The largest absolute Gasteiger partial charge is 0.346 e. The van der Waals surface area contributed by atoms with E-state index in [1.54, 1.807) is 35.0 Å². The van der Waals surface area contributed by atoms with Gasteiger partial charge in [-0.05, 0) is 57.1 Å². The highest BCUT2D eigenvalue weighted by atomic mass is 16.2. The van der Waals surface area contributed by atoms with Gasteiger partial charge < -0.3 is 20.9 Å². The lowest BCUT2D eigenvalue weighted by molar-refractivity contribution is -0.126. The molecule has 1 atom stereocenters. The third kappa shape index (κ3) is 6.20. The predicted molar refractivity (Wildman–Crippen MR) is 132 cm³/mol. The van der Waals surface area contributed by atoms with Crippen molar-refractivity contribution in [3.05, 3.63) is 53.6 Å². The van der Waals surface area contributed by atoms with Crippen LogP contribution < -0.4 is 20.9 Å². The molecule has 3 rings (SSSR count). The quantitative estimate of drug-likeness (QED) is 0.580. The van der Waals surface area contributed by atoms with Crippen molar-refractivity contribution in [1.82, 2.24) is 10.2 Å². The van der Waals surface area contributed by atoms with Crippen molar-refractivity contribution in [2.75, 3.05) is 42.2 Å². The average Bonchev–Trinajstić information content (AvgIpc) is 2.89. The second-order valence-corrected chi connectivity index (χ2v) is 8.63. The van der Waals surface area contributed by atoms with Crippen LogP contribution in [0.5, 0.6) is 0 Å². The summed E-state index contributed by atoms with van der Waals surface area (Å²) in [6, 6.07) is 12.5. The minimum atomic E-state index is -0.368. The zero-order valence-corrected chi connectivity index (χ0v) is 20.0. The second kappa shape index (κ2) is 10.9. The molecule has 180 valence electrons. The molecule has 9 heteroatoms. The molecule has 0 bridgehead atoms. The molecule has 4 amide bonds. The van der Waals surface area contributed by atoms with Crippen molar-refractivity contribution in [1.29, 1.82) is 0 Å². The summed E-state index contributed by atoms with van der Waals surface area (Å²) in [4.78, 5) is 53.0. The molecule has 1 aliphatic heterocycles. The number of hydrogen-bond acceptors (Lipinski definition) is 5. The zero-order chi connectivity index (χ0) is 24.8. The van der Waals surface area contributed by atoms with Gasteiger partial charge in [-0.25, -0.2) is 0 Å². The molecule has 1 unspecified atom stereocenters. The van der Waals surface area contributed by atoms with E-state index in [1.165, 1.54) is 0 Å². The molecule has 0 aromatic heterocycles. The molecule has 0 fully saturated rings. The molecule has 34 heavy (non-hydrogen) atoms. The van der Waals surface area contributed by atoms with Crippen molar-refractivity contribution in [2.24, 2.45) is 0 Å². The van der Waals surface area contributed by atoms with Crippen LogP contribution >= 0.6 is 0 Å². The molecule has 1 heterocycles. The maximum absolute atomic E-state index is 13.1. The Morgan fingerprint density at radius 3 is 2.56 bits per heavy atom. The topological polar surface area (TPSA) is 111 Å². The molecule has 0 spiro atoms. The van der Waals surface area contributed by atoms with Crippen LogP contribution in [-0.2, 0) is 19.2 Å². The van der Waals surface area contributed by atoms with Gasteiger partial charge in [-0.15, -0.1) is 0 Å². The zero-order valence-electron chi connectivity index (χ0n) is 20.0. The van der Waals surface area contributed by atoms with Crippen molar-refractivity contribution in [3.8, 4) is 0 Å². The van der Waals surface area contributed by atoms with Crippen molar-refractivity contribution >= 4 is 40.7 Å². The fourth-order valence-electron chi connectivity index (χ4n) is 3.89. The Labute approximate surface area is 199 Å². The highest BCUT2D eigenvalue weighted by molar-refractivity contribution is 6.05. The summed E-state index contributed by atoms with van der Waals surface area (Å²) < 4.78 is 0.